The second-order valence-electron chi connectivity index (χ2n) is 4.97. The lowest BCUT2D eigenvalue weighted by molar-refractivity contribution is -0.141. The molecular weight excluding hydrogens is 314 g/mol. The van der Waals surface area contributed by atoms with Crippen molar-refractivity contribution in [3.8, 4) is 0 Å². The first kappa shape index (κ1) is 16.8. The molecule has 0 aromatic heterocycles. The highest BCUT2D eigenvalue weighted by Gasteiger charge is 2.19. The monoisotopic (exact) mass is 329 g/mol. The number of aliphatic carboxylic acids is 1. The number of hydrogen-bond acceptors (Lipinski definition) is 2. The van der Waals surface area contributed by atoms with Crippen molar-refractivity contribution in [1.29, 1.82) is 0 Å². The number of carboxylic acids is 1. The Morgan fingerprint density at radius 3 is 2.35 bits per heavy atom. The van der Waals surface area contributed by atoms with Crippen molar-refractivity contribution < 1.29 is 14.7 Å². The number of amides is 1. The van der Waals surface area contributed by atoms with Gasteiger partial charge in [-0.15, -0.1) is 0 Å². The van der Waals surface area contributed by atoms with Gasteiger partial charge in [0.15, 0.2) is 0 Å². The van der Waals surface area contributed by atoms with Crippen molar-refractivity contribution in [2.75, 3.05) is 0 Å². The van der Waals surface area contributed by atoms with E-state index in [1.807, 2.05) is 30.3 Å². The normalized spacial score (nSPS) is 12.0. The average Bonchev–Trinajstić information content (AvgIpc) is 2.54. The number of rotatable bonds is 6. The van der Waals surface area contributed by atoms with Gasteiger partial charge in [-0.3, -0.25) is 4.79 Å². The lowest BCUT2D eigenvalue weighted by Crippen LogP contribution is -2.41. The molecule has 118 valence electrons. The standard InChI is InChI=1S/C18H16ClNO3/c19-15-9-6-13(7-10-15)8-11-17(21)20-16(18(22)23)12-14-4-2-1-3-5-14/h1-11,16H,12H2,(H,20,21)(H,22,23)/b11-8+/t16-/m1/s1. The molecule has 0 fully saturated rings. The van der Waals surface area contributed by atoms with E-state index in [4.69, 9.17) is 11.6 Å². The summed E-state index contributed by atoms with van der Waals surface area (Å²) < 4.78 is 0. The minimum Gasteiger partial charge on any atom is -0.480 e. The van der Waals surface area contributed by atoms with Crippen LogP contribution >= 0.6 is 11.6 Å². The Hall–Kier alpha value is -2.59. The van der Waals surface area contributed by atoms with Crippen LogP contribution in [0.25, 0.3) is 6.08 Å². The van der Waals surface area contributed by atoms with Gasteiger partial charge in [-0.25, -0.2) is 4.79 Å². The van der Waals surface area contributed by atoms with Crippen LogP contribution in [0.15, 0.2) is 60.7 Å². The summed E-state index contributed by atoms with van der Waals surface area (Å²) in [5.41, 5.74) is 1.65. The molecule has 0 bridgehead atoms. The summed E-state index contributed by atoms with van der Waals surface area (Å²) in [5.74, 6) is -1.52. The molecule has 4 nitrogen and oxygen atoms in total. The van der Waals surface area contributed by atoms with E-state index in [1.54, 1.807) is 30.3 Å². The summed E-state index contributed by atoms with van der Waals surface area (Å²) in [6.07, 6.45) is 3.15. The zero-order valence-corrected chi connectivity index (χ0v) is 13.0. The molecule has 2 rings (SSSR count). The number of carbonyl (C=O) groups is 2. The third kappa shape index (κ3) is 5.60. The summed E-state index contributed by atoms with van der Waals surface area (Å²) >= 11 is 5.79. The molecule has 0 saturated carbocycles. The molecule has 0 heterocycles. The van der Waals surface area contributed by atoms with Crippen molar-refractivity contribution in [2.45, 2.75) is 12.5 Å². The molecule has 2 aromatic carbocycles. The van der Waals surface area contributed by atoms with Gasteiger partial charge in [0.05, 0.1) is 0 Å². The van der Waals surface area contributed by atoms with E-state index in [2.05, 4.69) is 5.32 Å². The number of hydrogen-bond donors (Lipinski definition) is 2. The number of halogens is 1. The molecule has 2 aromatic rings. The highest BCUT2D eigenvalue weighted by molar-refractivity contribution is 6.30. The topological polar surface area (TPSA) is 66.4 Å². The van der Waals surface area contributed by atoms with Crippen LogP contribution in [0.3, 0.4) is 0 Å². The lowest BCUT2D eigenvalue weighted by atomic mass is 10.1. The van der Waals surface area contributed by atoms with Gasteiger partial charge in [0, 0.05) is 17.5 Å². The molecule has 2 N–H and O–H groups in total. The van der Waals surface area contributed by atoms with Crippen LogP contribution in [0, 0.1) is 0 Å². The predicted molar refractivity (Wildman–Crippen MR) is 90.2 cm³/mol. The highest BCUT2D eigenvalue weighted by Crippen LogP contribution is 2.10. The summed E-state index contributed by atoms with van der Waals surface area (Å²) in [5, 5.41) is 12.4. The van der Waals surface area contributed by atoms with Crippen LogP contribution in [0.1, 0.15) is 11.1 Å². The van der Waals surface area contributed by atoms with E-state index >= 15 is 0 Å². The van der Waals surface area contributed by atoms with Crippen LogP contribution in [0.5, 0.6) is 0 Å². The number of carboxylic acid groups (broad SMARTS) is 1. The first-order chi connectivity index (χ1) is 11.0. The van der Waals surface area contributed by atoms with E-state index in [1.165, 1.54) is 6.08 Å². The van der Waals surface area contributed by atoms with Crippen LogP contribution in [0.2, 0.25) is 5.02 Å². The Labute approximate surface area is 139 Å². The Balaban J connectivity index is 1.98. The van der Waals surface area contributed by atoms with Crippen LogP contribution < -0.4 is 5.32 Å². The second kappa shape index (κ2) is 8.15. The maximum absolute atomic E-state index is 11.9. The van der Waals surface area contributed by atoms with Gasteiger partial charge in [0.2, 0.25) is 5.91 Å². The maximum Gasteiger partial charge on any atom is 0.326 e. The van der Waals surface area contributed by atoms with Crippen LogP contribution in [-0.4, -0.2) is 23.0 Å². The van der Waals surface area contributed by atoms with Gasteiger partial charge < -0.3 is 10.4 Å². The van der Waals surface area contributed by atoms with E-state index in [0.29, 0.717) is 5.02 Å². The van der Waals surface area contributed by atoms with E-state index < -0.39 is 17.9 Å². The van der Waals surface area contributed by atoms with E-state index in [0.717, 1.165) is 11.1 Å². The minimum absolute atomic E-state index is 0.233. The smallest absolute Gasteiger partial charge is 0.326 e. The quantitative estimate of drug-likeness (QED) is 0.800. The third-order valence-corrected chi connectivity index (χ3v) is 3.45. The Morgan fingerprint density at radius 2 is 1.74 bits per heavy atom. The number of carbonyl (C=O) groups excluding carboxylic acids is 1. The van der Waals surface area contributed by atoms with Gasteiger partial charge in [0.25, 0.3) is 0 Å². The average molecular weight is 330 g/mol. The zero-order chi connectivity index (χ0) is 16.7. The zero-order valence-electron chi connectivity index (χ0n) is 12.3. The fraction of sp³-hybridized carbons (Fsp3) is 0.111. The third-order valence-electron chi connectivity index (χ3n) is 3.19. The fourth-order valence-corrected chi connectivity index (χ4v) is 2.14. The number of benzene rings is 2. The van der Waals surface area contributed by atoms with Gasteiger partial charge in [-0.05, 0) is 29.3 Å². The largest absolute Gasteiger partial charge is 0.480 e. The van der Waals surface area contributed by atoms with Gasteiger partial charge in [-0.1, -0.05) is 54.1 Å². The Bertz CT molecular complexity index is 696. The summed E-state index contributed by atoms with van der Waals surface area (Å²) in [7, 11) is 0. The van der Waals surface area contributed by atoms with Gasteiger partial charge in [-0.2, -0.15) is 0 Å². The molecule has 0 aliphatic rings. The molecule has 1 atom stereocenters. The van der Waals surface area contributed by atoms with Gasteiger partial charge >= 0.3 is 5.97 Å². The first-order valence-electron chi connectivity index (χ1n) is 7.05. The van der Waals surface area contributed by atoms with Crippen LogP contribution in [0.4, 0.5) is 0 Å². The molecule has 5 heteroatoms. The second-order valence-corrected chi connectivity index (χ2v) is 5.41. The molecule has 23 heavy (non-hydrogen) atoms. The predicted octanol–water partition coefficient (Wildman–Crippen LogP) is 3.17. The minimum atomic E-state index is -1.07. The van der Waals surface area contributed by atoms with Crippen molar-refractivity contribution >= 4 is 29.6 Å². The lowest BCUT2D eigenvalue weighted by Gasteiger charge is -2.13. The van der Waals surface area contributed by atoms with E-state index in [9.17, 15) is 14.7 Å². The molecule has 0 unspecified atom stereocenters. The molecule has 0 aliphatic carbocycles. The van der Waals surface area contributed by atoms with Crippen molar-refractivity contribution in [1.82, 2.24) is 5.32 Å². The fourth-order valence-electron chi connectivity index (χ4n) is 2.02. The molecule has 0 aliphatic heterocycles. The van der Waals surface area contributed by atoms with Crippen molar-refractivity contribution in [2.24, 2.45) is 0 Å². The molecule has 0 spiro atoms. The summed E-state index contributed by atoms with van der Waals surface area (Å²) in [6.45, 7) is 0. The van der Waals surface area contributed by atoms with Crippen molar-refractivity contribution in [3.63, 3.8) is 0 Å². The molecule has 1 amide bonds. The Kier molecular flexibility index (Phi) is 5.94. The Morgan fingerprint density at radius 1 is 1.09 bits per heavy atom. The van der Waals surface area contributed by atoms with E-state index in [-0.39, 0.29) is 6.42 Å². The molecule has 0 saturated heterocycles. The summed E-state index contributed by atoms with van der Waals surface area (Å²) in [6, 6.07) is 15.2. The SMILES string of the molecule is O=C(/C=C/c1ccc(Cl)cc1)N[C@H](Cc1ccccc1)C(=O)O. The first-order valence-corrected chi connectivity index (χ1v) is 7.43. The maximum atomic E-state index is 11.9. The number of nitrogens with one attached hydrogen (secondary N) is 1. The summed E-state index contributed by atoms with van der Waals surface area (Å²) in [4.78, 5) is 23.2. The molecular formula is C18H16ClNO3. The van der Waals surface area contributed by atoms with Gasteiger partial charge in [0.1, 0.15) is 6.04 Å². The highest BCUT2D eigenvalue weighted by atomic mass is 35.5. The van der Waals surface area contributed by atoms with Crippen LogP contribution in [-0.2, 0) is 16.0 Å². The molecule has 0 radical (unpaired) electrons. The van der Waals surface area contributed by atoms with Crippen molar-refractivity contribution in [3.05, 3.63) is 76.8 Å².